The molecule has 0 radical (unpaired) electrons. The number of ether oxygens (including phenoxy) is 3. The van der Waals surface area contributed by atoms with Crippen LogP contribution in [0.2, 0.25) is 5.02 Å². The van der Waals surface area contributed by atoms with Gasteiger partial charge in [0.25, 0.3) is 0 Å². The van der Waals surface area contributed by atoms with Crippen LogP contribution in [0.25, 0.3) is 0 Å². The van der Waals surface area contributed by atoms with Crippen LogP contribution < -0.4 is 4.74 Å². The first kappa shape index (κ1) is 23.8. The number of nitrogens with zero attached hydrogens (tertiary/aromatic N) is 1. The van der Waals surface area contributed by atoms with E-state index in [-0.39, 0.29) is 37.9 Å². The zero-order valence-corrected chi connectivity index (χ0v) is 17.8. The minimum absolute atomic E-state index is 0.0263. The van der Waals surface area contributed by atoms with Crippen molar-refractivity contribution in [1.82, 2.24) is 0 Å². The fourth-order valence-electron chi connectivity index (χ4n) is 2.84. The molecule has 0 atom stereocenters. The van der Waals surface area contributed by atoms with Crippen LogP contribution in [0, 0.1) is 11.3 Å². The van der Waals surface area contributed by atoms with Crippen molar-refractivity contribution in [2.24, 2.45) is 0 Å². The van der Waals surface area contributed by atoms with Gasteiger partial charge in [0.05, 0.1) is 30.8 Å². The molecule has 0 aliphatic rings. The van der Waals surface area contributed by atoms with Crippen molar-refractivity contribution in [1.29, 1.82) is 5.26 Å². The molecular formula is C21H28ClNO5. The lowest BCUT2D eigenvalue weighted by molar-refractivity contribution is -0.147. The van der Waals surface area contributed by atoms with Gasteiger partial charge in [-0.25, -0.2) is 0 Å². The summed E-state index contributed by atoms with van der Waals surface area (Å²) in [6.45, 7) is 7.04. The molecule has 0 heterocycles. The van der Waals surface area contributed by atoms with E-state index in [0.717, 1.165) is 0 Å². The highest BCUT2D eigenvalue weighted by Crippen LogP contribution is 2.40. The number of carbonyl (C=O) groups is 2. The molecule has 28 heavy (non-hydrogen) atoms. The molecule has 6 nitrogen and oxygen atoms in total. The topological polar surface area (TPSA) is 85.6 Å². The van der Waals surface area contributed by atoms with Gasteiger partial charge in [0, 0.05) is 17.9 Å². The minimum Gasteiger partial charge on any atom is -0.497 e. The summed E-state index contributed by atoms with van der Waals surface area (Å²) in [7, 11) is 1.51. The van der Waals surface area contributed by atoms with Gasteiger partial charge in [-0.2, -0.15) is 5.26 Å². The van der Waals surface area contributed by atoms with Gasteiger partial charge in [-0.15, -0.1) is 0 Å². The van der Waals surface area contributed by atoms with Crippen molar-refractivity contribution in [3.8, 4) is 11.8 Å². The Bertz CT molecular complexity index is 698. The number of esters is 2. The molecule has 0 N–H and O–H groups in total. The predicted octanol–water partition coefficient (Wildman–Crippen LogP) is 4.57. The van der Waals surface area contributed by atoms with Crippen molar-refractivity contribution in [3.05, 3.63) is 28.8 Å². The SMILES string of the molecule is COc1ccc(Cl)c(C(C#N)(CCC(=O)OC(C)C)CCC(=O)OC(C)C)c1. The summed E-state index contributed by atoms with van der Waals surface area (Å²) < 4.78 is 15.6. The lowest BCUT2D eigenvalue weighted by Gasteiger charge is -2.28. The standard InChI is InChI=1S/C21H28ClNO5/c1-14(2)27-19(24)8-10-21(13-23,11-9-20(25)28-15(3)4)17-12-16(26-5)6-7-18(17)22/h6-7,12,14-15H,8-11H2,1-5H3. The fourth-order valence-corrected chi connectivity index (χ4v) is 3.14. The average Bonchev–Trinajstić information content (AvgIpc) is 2.62. The molecule has 7 heteroatoms. The van der Waals surface area contributed by atoms with E-state index < -0.39 is 17.4 Å². The van der Waals surface area contributed by atoms with E-state index in [4.69, 9.17) is 25.8 Å². The first-order chi connectivity index (χ1) is 13.1. The van der Waals surface area contributed by atoms with Crippen LogP contribution in [0.5, 0.6) is 5.75 Å². The summed E-state index contributed by atoms with van der Waals surface area (Å²) in [5, 5.41) is 10.4. The van der Waals surface area contributed by atoms with Gasteiger partial charge in [-0.3, -0.25) is 9.59 Å². The summed E-state index contributed by atoms with van der Waals surface area (Å²) in [6, 6.07) is 7.29. The Morgan fingerprint density at radius 1 is 1.07 bits per heavy atom. The Morgan fingerprint density at radius 2 is 1.57 bits per heavy atom. The second-order valence-corrected chi connectivity index (χ2v) is 7.52. The van der Waals surface area contributed by atoms with Crippen LogP contribution in [-0.2, 0) is 24.5 Å². The number of methoxy groups -OCH3 is 1. The van der Waals surface area contributed by atoms with Gasteiger partial charge in [-0.05, 0) is 64.3 Å². The van der Waals surface area contributed by atoms with E-state index in [1.54, 1.807) is 45.9 Å². The lowest BCUT2D eigenvalue weighted by atomic mass is 9.74. The molecule has 0 spiro atoms. The predicted molar refractivity (Wildman–Crippen MR) is 106 cm³/mol. The van der Waals surface area contributed by atoms with Gasteiger partial charge >= 0.3 is 11.9 Å². The van der Waals surface area contributed by atoms with E-state index in [2.05, 4.69) is 6.07 Å². The summed E-state index contributed by atoms with van der Waals surface area (Å²) in [5.74, 6) is -0.273. The van der Waals surface area contributed by atoms with Crippen molar-refractivity contribution >= 4 is 23.5 Å². The Labute approximate surface area is 171 Å². The van der Waals surface area contributed by atoms with Crippen LogP contribution in [0.1, 0.15) is 58.9 Å². The molecule has 0 saturated heterocycles. The van der Waals surface area contributed by atoms with Gasteiger partial charge in [0.15, 0.2) is 0 Å². The monoisotopic (exact) mass is 409 g/mol. The van der Waals surface area contributed by atoms with Crippen molar-refractivity contribution in [2.75, 3.05) is 7.11 Å². The maximum absolute atomic E-state index is 12.1. The maximum atomic E-state index is 12.1. The highest BCUT2D eigenvalue weighted by Gasteiger charge is 2.36. The van der Waals surface area contributed by atoms with Crippen molar-refractivity contribution < 1.29 is 23.8 Å². The first-order valence-electron chi connectivity index (χ1n) is 9.27. The molecular weight excluding hydrogens is 382 g/mol. The molecule has 1 aromatic carbocycles. The van der Waals surface area contributed by atoms with E-state index in [1.165, 1.54) is 7.11 Å². The molecule has 0 bridgehead atoms. The Hall–Kier alpha value is -2.26. The fraction of sp³-hybridized carbons (Fsp3) is 0.571. The molecule has 0 fully saturated rings. The molecule has 0 saturated carbocycles. The second kappa shape index (κ2) is 10.9. The molecule has 0 aliphatic heterocycles. The highest BCUT2D eigenvalue weighted by molar-refractivity contribution is 6.31. The number of benzene rings is 1. The first-order valence-corrected chi connectivity index (χ1v) is 9.65. The molecule has 154 valence electrons. The largest absolute Gasteiger partial charge is 0.497 e. The highest BCUT2D eigenvalue weighted by atomic mass is 35.5. The average molecular weight is 410 g/mol. The summed E-state index contributed by atoms with van der Waals surface area (Å²) in [5.41, 5.74) is -0.636. The van der Waals surface area contributed by atoms with E-state index in [0.29, 0.717) is 16.3 Å². The lowest BCUT2D eigenvalue weighted by Crippen LogP contribution is -2.28. The number of nitriles is 1. The number of carbonyl (C=O) groups excluding carboxylic acids is 2. The Balaban J connectivity index is 3.18. The zero-order chi connectivity index (χ0) is 21.3. The molecule has 0 amide bonds. The number of hydrogen-bond acceptors (Lipinski definition) is 6. The van der Waals surface area contributed by atoms with E-state index in [9.17, 15) is 14.9 Å². The smallest absolute Gasteiger partial charge is 0.306 e. The summed E-state index contributed by atoms with van der Waals surface area (Å²) >= 11 is 6.38. The maximum Gasteiger partial charge on any atom is 0.306 e. The van der Waals surface area contributed by atoms with Gasteiger partial charge in [0.1, 0.15) is 5.75 Å². The van der Waals surface area contributed by atoms with Crippen molar-refractivity contribution in [2.45, 2.75) is 71.0 Å². The quantitative estimate of drug-likeness (QED) is 0.526. The third-order valence-corrected chi connectivity index (χ3v) is 4.48. The van der Waals surface area contributed by atoms with Crippen LogP contribution in [0.15, 0.2) is 18.2 Å². The van der Waals surface area contributed by atoms with Crippen LogP contribution in [0.4, 0.5) is 0 Å². The number of rotatable bonds is 10. The van der Waals surface area contributed by atoms with Gasteiger partial charge in [-0.1, -0.05) is 11.6 Å². The normalized spacial score (nSPS) is 11.2. The summed E-state index contributed by atoms with van der Waals surface area (Å²) in [6.07, 6.45) is -0.110. The molecule has 0 aliphatic carbocycles. The van der Waals surface area contributed by atoms with Gasteiger partial charge in [0.2, 0.25) is 0 Å². The second-order valence-electron chi connectivity index (χ2n) is 7.12. The van der Waals surface area contributed by atoms with Crippen LogP contribution >= 0.6 is 11.6 Å². The molecule has 0 unspecified atom stereocenters. The number of hydrogen-bond donors (Lipinski definition) is 0. The zero-order valence-electron chi connectivity index (χ0n) is 17.1. The third kappa shape index (κ3) is 7.05. The molecule has 1 rings (SSSR count). The van der Waals surface area contributed by atoms with Crippen molar-refractivity contribution in [3.63, 3.8) is 0 Å². The minimum atomic E-state index is -1.16. The molecule has 1 aromatic rings. The Morgan fingerprint density at radius 3 is 1.96 bits per heavy atom. The van der Waals surface area contributed by atoms with Crippen LogP contribution in [0.3, 0.4) is 0 Å². The Kier molecular flexibility index (Phi) is 9.27. The third-order valence-electron chi connectivity index (χ3n) is 4.15. The van der Waals surface area contributed by atoms with E-state index in [1.807, 2.05) is 0 Å². The number of halogens is 1. The summed E-state index contributed by atoms with van der Waals surface area (Å²) in [4.78, 5) is 24.1. The molecule has 0 aromatic heterocycles. The van der Waals surface area contributed by atoms with E-state index >= 15 is 0 Å². The van der Waals surface area contributed by atoms with Crippen LogP contribution in [-0.4, -0.2) is 31.3 Å². The van der Waals surface area contributed by atoms with Gasteiger partial charge < -0.3 is 14.2 Å².